The Bertz CT molecular complexity index is 430. The van der Waals surface area contributed by atoms with E-state index in [-0.39, 0.29) is 12.5 Å². The highest BCUT2D eigenvalue weighted by Crippen LogP contribution is 2.20. The van der Waals surface area contributed by atoms with Crippen LogP contribution in [-0.4, -0.2) is 47.1 Å². The van der Waals surface area contributed by atoms with Crippen LogP contribution >= 0.6 is 0 Å². The van der Waals surface area contributed by atoms with Gasteiger partial charge in [0.05, 0.1) is 6.10 Å². The number of nitrogens with zero attached hydrogens (tertiary/aromatic N) is 2. The SMILES string of the molecule is CCN1CCC(CC(=O)NCC(O)c2cccnc2)CC1. The van der Waals surface area contributed by atoms with Crippen LogP contribution in [0.1, 0.15) is 37.9 Å². The monoisotopic (exact) mass is 291 g/mol. The Kier molecular flexibility index (Phi) is 6.14. The lowest BCUT2D eigenvalue weighted by Gasteiger charge is -2.30. The number of aliphatic hydroxyl groups is 1. The van der Waals surface area contributed by atoms with Crippen molar-refractivity contribution in [3.63, 3.8) is 0 Å². The van der Waals surface area contributed by atoms with E-state index in [9.17, 15) is 9.90 Å². The maximum atomic E-state index is 11.9. The van der Waals surface area contributed by atoms with E-state index in [4.69, 9.17) is 0 Å². The van der Waals surface area contributed by atoms with Crippen molar-refractivity contribution in [1.82, 2.24) is 15.2 Å². The first-order valence-electron chi connectivity index (χ1n) is 7.76. The molecule has 0 bridgehead atoms. The van der Waals surface area contributed by atoms with E-state index in [1.54, 1.807) is 18.5 Å². The number of aliphatic hydroxyl groups excluding tert-OH is 1. The molecule has 1 unspecified atom stereocenters. The van der Waals surface area contributed by atoms with Gasteiger partial charge in [0.1, 0.15) is 0 Å². The first kappa shape index (κ1) is 15.9. The number of carbonyl (C=O) groups excluding carboxylic acids is 1. The third kappa shape index (κ3) is 5.10. The van der Waals surface area contributed by atoms with Gasteiger partial charge in [-0.3, -0.25) is 9.78 Å². The second-order valence-electron chi connectivity index (χ2n) is 5.69. The summed E-state index contributed by atoms with van der Waals surface area (Å²) in [6.07, 6.45) is 5.34. The van der Waals surface area contributed by atoms with Crippen molar-refractivity contribution in [2.45, 2.75) is 32.3 Å². The molecule has 5 nitrogen and oxygen atoms in total. The van der Waals surface area contributed by atoms with Gasteiger partial charge in [-0.05, 0) is 44.5 Å². The number of piperidine rings is 1. The Labute approximate surface area is 126 Å². The molecule has 2 heterocycles. The molecule has 21 heavy (non-hydrogen) atoms. The van der Waals surface area contributed by atoms with Crippen molar-refractivity contribution in [1.29, 1.82) is 0 Å². The van der Waals surface area contributed by atoms with Crippen LogP contribution in [0, 0.1) is 5.92 Å². The second-order valence-corrected chi connectivity index (χ2v) is 5.69. The van der Waals surface area contributed by atoms with Gasteiger partial charge < -0.3 is 15.3 Å². The standard InChI is InChI=1S/C16H25N3O2/c1-2-19-8-5-13(6-9-19)10-16(21)18-12-15(20)14-4-3-7-17-11-14/h3-4,7,11,13,15,20H,2,5-6,8-10,12H2,1H3,(H,18,21). The molecule has 1 fully saturated rings. The smallest absolute Gasteiger partial charge is 0.220 e. The number of likely N-dealkylation sites (tertiary alicyclic amines) is 1. The van der Waals surface area contributed by atoms with Gasteiger partial charge in [0.25, 0.3) is 0 Å². The van der Waals surface area contributed by atoms with Crippen LogP contribution in [0.5, 0.6) is 0 Å². The maximum Gasteiger partial charge on any atom is 0.220 e. The molecule has 0 spiro atoms. The summed E-state index contributed by atoms with van der Waals surface area (Å²) in [5, 5.41) is 12.8. The van der Waals surface area contributed by atoms with Crippen LogP contribution in [-0.2, 0) is 4.79 Å². The highest BCUT2D eigenvalue weighted by atomic mass is 16.3. The molecule has 1 saturated heterocycles. The number of rotatable bonds is 6. The summed E-state index contributed by atoms with van der Waals surface area (Å²) in [4.78, 5) is 18.3. The van der Waals surface area contributed by atoms with E-state index in [1.165, 1.54) is 0 Å². The molecule has 5 heteroatoms. The topological polar surface area (TPSA) is 65.5 Å². The van der Waals surface area contributed by atoms with Crippen molar-refractivity contribution in [3.05, 3.63) is 30.1 Å². The average molecular weight is 291 g/mol. The van der Waals surface area contributed by atoms with E-state index < -0.39 is 6.10 Å². The van der Waals surface area contributed by atoms with E-state index >= 15 is 0 Å². The number of nitrogens with one attached hydrogen (secondary N) is 1. The van der Waals surface area contributed by atoms with Gasteiger partial charge in [0, 0.05) is 30.9 Å². The van der Waals surface area contributed by atoms with Crippen LogP contribution in [0.25, 0.3) is 0 Å². The molecule has 1 aliphatic heterocycles. The number of aromatic nitrogens is 1. The summed E-state index contributed by atoms with van der Waals surface area (Å²) in [6, 6.07) is 3.59. The summed E-state index contributed by atoms with van der Waals surface area (Å²) in [6.45, 7) is 5.70. The molecule has 0 saturated carbocycles. The summed E-state index contributed by atoms with van der Waals surface area (Å²) >= 11 is 0. The molecular formula is C16H25N3O2. The highest BCUT2D eigenvalue weighted by Gasteiger charge is 2.20. The number of amides is 1. The summed E-state index contributed by atoms with van der Waals surface area (Å²) in [7, 11) is 0. The summed E-state index contributed by atoms with van der Waals surface area (Å²) in [5.41, 5.74) is 0.731. The first-order valence-corrected chi connectivity index (χ1v) is 7.76. The average Bonchev–Trinajstić information content (AvgIpc) is 2.54. The normalized spacial score (nSPS) is 18.4. The van der Waals surface area contributed by atoms with Crippen molar-refractivity contribution < 1.29 is 9.90 Å². The number of pyridine rings is 1. The molecule has 1 atom stereocenters. The molecular weight excluding hydrogens is 266 g/mol. The van der Waals surface area contributed by atoms with Crippen molar-refractivity contribution >= 4 is 5.91 Å². The molecule has 0 aromatic carbocycles. The fourth-order valence-electron chi connectivity index (χ4n) is 2.74. The van der Waals surface area contributed by atoms with E-state index in [0.717, 1.165) is 38.0 Å². The Hall–Kier alpha value is -1.46. The number of carbonyl (C=O) groups is 1. The van der Waals surface area contributed by atoms with E-state index in [1.807, 2.05) is 6.07 Å². The molecule has 2 N–H and O–H groups in total. The largest absolute Gasteiger partial charge is 0.387 e. The van der Waals surface area contributed by atoms with Crippen LogP contribution in [0.2, 0.25) is 0 Å². The van der Waals surface area contributed by atoms with E-state index in [0.29, 0.717) is 12.3 Å². The second kappa shape index (κ2) is 8.10. The van der Waals surface area contributed by atoms with Gasteiger partial charge in [-0.25, -0.2) is 0 Å². The molecule has 1 aromatic rings. The molecule has 1 aromatic heterocycles. The fourth-order valence-corrected chi connectivity index (χ4v) is 2.74. The lowest BCUT2D eigenvalue weighted by atomic mass is 9.93. The summed E-state index contributed by atoms with van der Waals surface area (Å²) < 4.78 is 0. The zero-order valence-corrected chi connectivity index (χ0v) is 12.7. The summed E-state index contributed by atoms with van der Waals surface area (Å²) in [5.74, 6) is 0.510. The third-order valence-corrected chi connectivity index (χ3v) is 4.19. The highest BCUT2D eigenvalue weighted by molar-refractivity contribution is 5.76. The molecule has 116 valence electrons. The van der Waals surface area contributed by atoms with Crippen LogP contribution in [0.15, 0.2) is 24.5 Å². The van der Waals surface area contributed by atoms with Crippen molar-refractivity contribution in [2.24, 2.45) is 5.92 Å². The van der Waals surface area contributed by atoms with Crippen LogP contribution in [0.4, 0.5) is 0 Å². The van der Waals surface area contributed by atoms with Gasteiger partial charge in [-0.2, -0.15) is 0 Å². The Morgan fingerprint density at radius 2 is 2.29 bits per heavy atom. The van der Waals surface area contributed by atoms with Gasteiger partial charge in [-0.15, -0.1) is 0 Å². The first-order chi connectivity index (χ1) is 10.2. The minimum Gasteiger partial charge on any atom is -0.387 e. The molecule has 0 radical (unpaired) electrons. The maximum absolute atomic E-state index is 11.9. The molecule has 2 rings (SSSR count). The van der Waals surface area contributed by atoms with E-state index in [2.05, 4.69) is 22.1 Å². The minimum atomic E-state index is -0.690. The Balaban J connectivity index is 1.68. The predicted molar refractivity (Wildman–Crippen MR) is 81.7 cm³/mol. The Morgan fingerprint density at radius 1 is 1.52 bits per heavy atom. The number of hydrogen-bond donors (Lipinski definition) is 2. The zero-order valence-electron chi connectivity index (χ0n) is 12.7. The third-order valence-electron chi connectivity index (χ3n) is 4.19. The zero-order chi connectivity index (χ0) is 15.1. The van der Waals surface area contributed by atoms with Crippen LogP contribution in [0.3, 0.4) is 0 Å². The molecule has 1 aliphatic rings. The lowest BCUT2D eigenvalue weighted by Crippen LogP contribution is -2.36. The predicted octanol–water partition coefficient (Wildman–Crippen LogP) is 1.35. The molecule has 0 aliphatic carbocycles. The molecule has 1 amide bonds. The van der Waals surface area contributed by atoms with Gasteiger partial charge in [0.15, 0.2) is 0 Å². The minimum absolute atomic E-state index is 0.0351. The van der Waals surface area contributed by atoms with Crippen molar-refractivity contribution in [2.75, 3.05) is 26.2 Å². The Morgan fingerprint density at radius 3 is 2.90 bits per heavy atom. The fraction of sp³-hybridized carbons (Fsp3) is 0.625. The quantitative estimate of drug-likeness (QED) is 0.830. The van der Waals surface area contributed by atoms with Gasteiger partial charge in [0.2, 0.25) is 5.91 Å². The van der Waals surface area contributed by atoms with Gasteiger partial charge in [-0.1, -0.05) is 13.0 Å². The van der Waals surface area contributed by atoms with Crippen LogP contribution < -0.4 is 5.32 Å². The van der Waals surface area contributed by atoms with Gasteiger partial charge >= 0.3 is 0 Å². The lowest BCUT2D eigenvalue weighted by molar-refractivity contribution is -0.122. The number of hydrogen-bond acceptors (Lipinski definition) is 4. The van der Waals surface area contributed by atoms with Crippen molar-refractivity contribution in [3.8, 4) is 0 Å².